The Kier molecular flexibility index (Phi) is 4.57. The van der Waals surface area contributed by atoms with Crippen molar-refractivity contribution in [3.8, 4) is 5.75 Å². The predicted octanol–water partition coefficient (Wildman–Crippen LogP) is 6.41. The van der Waals surface area contributed by atoms with Crippen molar-refractivity contribution in [2.75, 3.05) is 0 Å². The van der Waals surface area contributed by atoms with Gasteiger partial charge < -0.3 is 9.52 Å². The lowest BCUT2D eigenvalue weighted by Crippen LogP contribution is -2.01. The van der Waals surface area contributed by atoms with Crippen LogP contribution in [0.4, 0.5) is 0 Å². The number of phenols is 1. The van der Waals surface area contributed by atoms with E-state index in [0.717, 1.165) is 10.8 Å². The molecule has 0 aliphatic rings. The lowest BCUT2D eigenvalue weighted by atomic mass is 9.99. The number of hydrogen-bond acceptors (Lipinski definition) is 4. The van der Waals surface area contributed by atoms with Crippen molar-refractivity contribution in [3.05, 3.63) is 112 Å². The number of benzene rings is 4. The van der Waals surface area contributed by atoms with Crippen molar-refractivity contribution in [2.24, 2.45) is 0 Å². The molecule has 4 nitrogen and oxygen atoms in total. The predicted molar refractivity (Wildman–Crippen MR) is 120 cm³/mol. The molecule has 0 amide bonds. The average molecular weight is 427 g/mol. The lowest BCUT2D eigenvalue weighted by Gasteiger charge is -2.03. The molecule has 1 N–H and O–H groups in total. The number of ketones is 2. The molecule has 0 fully saturated rings. The third-order valence-corrected chi connectivity index (χ3v) is 5.48. The molecule has 1 heterocycles. The van der Waals surface area contributed by atoms with Crippen LogP contribution in [0.2, 0.25) is 5.02 Å². The van der Waals surface area contributed by atoms with Gasteiger partial charge in [-0.25, -0.2) is 0 Å². The standard InChI is InChI=1S/C26H15ClO4/c27-19-7-1-15(2-8-19)25(29)17-5-11-23-21(13-17)22-14-18(6-12-24(22)31-23)26(30)16-3-9-20(28)10-4-16/h1-14,28H. The van der Waals surface area contributed by atoms with Gasteiger partial charge in [0.25, 0.3) is 0 Å². The molecule has 0 bridgehead atoms. The molecule has 0 atom stereocenters. The number of carbonyl (C=O) groups excluding carboxylic acids is 2. The van der Waals surface area contributed by atoms with Gasteiger partial charge in [0.15, 0.2) is 11.6 Å². The van der Waals surface area contributed by atoms with Crippen molar-refractivity contribution in [1.82, 2.24) is 0 Å². The summed E-state index contributed by atoms with van der Waals surface area (Å²) in [5.41, 5.74) is 3.30. The summed E-state index contributed by atoms with van der Waals surface area (Å²) < 4.78 is 5.89. The minimum atomic E-state index is -0.162. The second-order valence-corrected chi connectivity index (χ2v) is 7.67. The minimum Gasteiger partial charge on any atom is -0.508 e. The topological polar surface area (TPSA) is 67.5 Å². The van der Waals surface area contributed by atoms with Crippen LogP contribution in [0.3, 0.4) is 0 Å². The molecule has 4 aromatic carbocycles. The van der Waals surface area contributed by atoms with Gasteiger partial charge in [0, 0.05) is 38.0 Å². The Morgan fingerprint density at radius 1 is 0.613 bits per heavy atom. The van der Waals surface area contributed by atoms with Crippen LogP contribution in [0.25, 0.3) is 21.9 Å². The Morgan fingerprint density at radius 3 is 1.52 bits per heavy atom. The number of phenolic OH excluding ortho intramolecular Hbond substituents is 1. The lowest BCUT2D eigenvalue weighted by molar-refractivity contribution is 0.103. The number of halogens is 1. The molecule has 0 radical (unpaired) electrons. The zero-order chi connectivity index (χ0) is 21.5. The molecular formula is C26H15ClO4. The third kappa shape index (κ3) is 3.47. The van der Waals surface area contributed by atoms with Gasteiger partial charge in [0.05, 0.1) is 0 Å². The van der Waals surface area contributed by atoms with Gasteiger partial charge >= 0.3 is 0 Å². The maximum absolute atomic E-state index is 12.9. The van der Waals surface area contributed by atoms with Gasteiger partial charge in [0.1, 0.15) is 16.9 Å². The van der Waals surface area contributed by atoms with Crippen LogP contribution in [0.5, 0.6) is 5.75 Å². The second-order valence-electron chi connectivity index (χ2n) is 7.24. The van der Waals surface area contributed by atoms with Crippen LogP contribution in [0.1, 0.15) is 31.8 Å². The SMILES string of the molecule is O=C(c1ccc(O)cc1)c1ccc2oc3ccc(C(=O)c4ccc(Cl)cc4)cc3c2c1. The first kappa shape index (κ1) is 19.1. The summed E-state index contributed by atoms with van der Waals surface area (Å²) in [6, 6.07) is 23.4. The highest BCUT2D eigenvalue weighted by Gasteiger charge is 2.16. The Bertz CT molecular complexity index is 1350. The molecule has 0 saturated carbocycles. The number of aromatic hydroxyl groups is 1. The van der Waals surface area contributed by atoms with Crippen LogP contribution in [-0.2, 0) is 0 Å². The zero-order valence-corrected chi connectivity index (χ0v) is 16.9. The van der Waals surface area contributed by atoms with Crippen LogP contribution >= 0.6 is 11.6 Å². The molecule has 0 unspecified atom stereocenters. The first-order valence-electron chi connectivity index (χ1n) is 9.60. The molecule has 0 saturated heterocycles. The first-order chi connectivity index (χ1) is 15.0. The van der Waals surface area contributed by atoms with Gasteiger partial charge in [0.2, 0.25) is 0 Å². The fourth-order valence-corrected chi connectivity index (χ4v) is 3.73. The van der Waals surface area contributed by atoms with Crippen LogP contribution in [0, 0.1) is 0 Å². The Hall–Kier alpha value is -3.89. The second kappa shape index (κ2) is 7.42. The van der Waals surface area contributed by atoms with Crippen molar-refractivity contribution in [2.45, 2.75) is 0 Å². The maximum atomic E-state index is 12.9. The van der Waals surface area contributed by atoms with E-state index in [9.17, 15) is 14.7 Å². The fraction of sp³-hybridized carbons (Fsp3) is 0. The molecule has 0 aliphatic carbocycles. The molecule has 150 valence electrons. The number of furan rings is 1. The molecule has 5 aromatic rings. The minimum absolute atomic E-state index is 0.103. The molecule has 0 spiro atoms. The van der Waals surface area contributed by atoms with E-state index in [1.54, 1.807) is 72.8 Å². The summed E-state index contributed by atoms with van der Waals surface area (Å²) in [5.74, 6) is -0.181. The van der Waals surface area contributed by atoms with E-state index in [1.807, 2.05) is 0 Å². The summed E-state index contributed by atoms with van der Waals surface area (Å²) in [6.07, 6.45) is 0. The highest BCUT2D eigenvalue weighted by atomic mass is 35.5. The molecule has 5 heteroatoms. The zero-order valence-electron chi connectivity index (χ0n) is 16.1. The monoisotopic (exact) mass is 426 g/mol. The summed E-state index contributed by atoms with van der Waals surface area (Å²) in [5, 5.41) is 11.5. The Balaban J connectivity index is 1.58. The summed E-state index contributed by atoms with van der Waals surface area (Å²) in [6.45, 7) is 0. The molecule has 1 aromatic heterocycles. The molecule has 0 aliphatic heterocycles. The quantitative estimate of drug-likeness (QED) is 0.337. The Labute approximate surface area is 182 Å². The van der Waals surface area contributed by atoms with Crippen molar-refractivity contribution >= 4 is 45.1 Å². The van der Waals surface area contributed by atoms with E-state index in [2.05, 4.69) is 0 Å². The average Bonchev–Trinajstić information content (AvgIpc) is 3.16. The highest BCUT2D eigenvalue weighted by molar-refractivity contribution is 6.30. The van der Waals surface area contributed by atoms with E-state index < -0.39 is 0 Å². The summed E-state index contributed by atoms with van der Waals surface area (Å²) >= 11 is 5.92. The van der Waals surface area contributed by atoms with Crippen LogP contribution in [0.15, 0.2) is 89.3 Å². The maximum Gasteiger partial charge on any atom is 0.193 e. The number of hydrogen-bond donors (Lipinski definition) is 1. The summed E-state index contributed by atoms with van der Waals surface area (Å²) in [7, 11) is 0. The Morgan fingerprint density at radius 2 is 1.03 bits per heavy atom. The smallest absolute Gasteiger partial charge is 0.193 e. The molecule has 31 heavy (non-hydrogen) atoms. The van der Waals surface area contributed by atoms with Gasteiger partial charge in [-0.15, -0.1) is 0 Å². The largest absolute Gasteiger partial charge is 0.508 e. The number of carbonyl (C=O) groups is 2. The summed E-state index contributed by atoms with van der Waals surface area (Å²) in [4.78, 5) is 25.8. The number of fused-ring (bicyclic) bond motifs is 3. The van der Waals surface area contributed by atoms with Gasteiger partial charge in [-0.3, -0.25) is 9.59 Å². The van der Waals surface area contributed by atoms with Gasteiger partial charge in [-0.1, -0.05) is 11.6 Å². The number of rotatable bonds is 4. The van der Waals surface area contributed by atoms with Crippen LogP contribution < -0.4 is 0 Å². The first-order valence-corrected chi connectivity index (χ1v) is 9.98. The van der Waals surface area contributed by atoms with Gasteiger partial charge in [-0.05, 0) is 84.9 Å². The highest BCUT2D eigenvalue weighted by Crippen LogP contribution is 2.31. The van der Waals surface area contributed by atoms with E-state index in [-0.39, 0.29) is 17.3 Å². The van der Waals surface area contributed by atoms with Crippen molar-refractivity contribution in [3.63, 3.8) is 0 Å². The van der Waals surface area contributed by atoms with E-state index >= 15 is 0 Å². The van der Waals surface area contributed by atoms with Crippen molar-refractivity contribution in [1.29, 1.82) is 0 Å². The molecule has 5 rings (SSSR count). The van der Waals surface area contributed by atoms with Crippen molar-refractivity contribution < 1.29 is 19.1 Å². The molecular weight excluding hydrogens is 412 g/mol. The van der Waals surface area contributed by atoms with E-state index in [4.69, 9.17) is 16.0 Å². The fourth-order valence-electron chi connectivity index (χ4n) is 3.61. The van der Waals surface area contributed by atoms with E-state index in [0.29, 0.717) is 38.4 Å². The third-order valence-electron chi connectivity index (χ3n) is 5.23. The van der Waals surface area contributed by atoms with Crippen LogP contribution in [-0.4, -0.2) is 16.7 Å². The van der Waals surface area contributed by atoms with E-state index in [1.165, 1.54) is 12.1 Å². The van der Waals surface area contributed by atoms with Gasteiger partial charge in [-0.2, -0.15) is 0 Å². The normalized spacial score (nSPS) is 11.1.